The topological polar surface area (TPSA) is 29.1 Å². The van der Waals surface area contributed by atoms with Crippen molar-refractivity contribution in [3.05, 3.63) is 0 Å². The Balaban J connectivity index is 2.36. The lowest BCUT2D eigenvalue weighted by atomic mass is 10.0. The number of carbonyl (C=O) groups excluding carboxylic acids is 1. The van der Waals surface area contributed by atoms with E-state index in [9.17, 15) is 4.79 Å². The molecule has 0 saturated heterocycles. The second-order valence-corrected chi connectivity index (χ2v) is 6.38. The van der Waals surface area contributed by atoms with Gasteiger partial charge in [0.05, 0.1) is 0 Å². The van der Waals surface area contributed by atoms with Crippen LogP contribution in [0.15, 0.2) is 0 Å². The molecule has 1 amide bonds. The third kappa shape index (κ3) is 3.78. The van der Waals surface area contributed by atoms with Crippen molar-refractivity contribution in [1.82, 2.24) is 5.32 Å². The van der Waals surface area contributed by atoms with E-state index in [1.807, 2.05) is 0 Å². The molecule has 15 heavy (non-hydrogen) atoms. The van der Waals surface area contributed by atoms with Gasteiger partial charge in [-0.15, -0.1) is 0 Å². The Bertz CT molecular complexity index is 238. The Hall–Kier alpha value is -0.0500. The van der Waals surface area contributed by atoms with E-state index < -0.39 is 0 Å². The minimum Gasteiger partial charge on any atom is -0.352 e. The van der Waals surface area contributed by atoms with Crippen LogP contribution in [-0.4, -0.2) is 17.3 Å². The quantitative estimate of drug-likeness (QED) is 0.768. The molecule has 1 N–H and O–H groups in total. The molecule has 2 unspecified atom stereocenters. The van der Waals surface area contributed by atoms with Crippen LogP contribution in [0.5, 0.6) is 0 Å². The molecule has 3 heteroatoms. The molecule has 0 aliphatic heterocycles. The number of carbonyl (C=O) groups is 1. The van der Waals surface area contributed by atoms with Gasteiger partial charge >= 0.3 is 0 Å². The van der Waals surface area contributed by atoms with Gasteiger partial charge in [0, 0.05) is 17.3 Å². The van der Waals surface area contributed by atoms with E-state index in [1.54, 1.807) is 0 Å². The van der Waals surface area contributed by atoms with Gasteiger partial charge in [-0.1, -0.05) is 43.6 Å². The van der Waals surface area contributed by atoms with Crippen molar-refractivity contribution in [2.75, 3.05) is 5.33 Å². The van der Waals surface area contributed by atoms with Crippen LogP contribution in [0.3, 0.4) is 0 Å². The van der Waals surface area contributed by atoms with Crippen molar-refractivity contribution in [3.63, 3.8) is 0 Å². The van der Waals surface area contributed by atoms with E-state index in [1.165, 1.54) is 0 Å². The van der Waals surface area contributed by atoms with Crippen molar-refractivity contribution < 1.29 is 4.79 Å². The van der Waals surface area contributed by atoms with Crippen molar-refractivity contribution in [1.29, 1.82) is 0 Å². The first-order chi connectivity index (χ1) is 6.86. The van der Waals surface area contributed by atoms with Crippen LogP contribution in [0.25, 0.3) is 0 Å². The Morgan fingerprint density at radius 1 is 1.53 bits per heavy atom. The first-order valence-electron chi connectivity index (χ1n) is 5.73. The smallest absolute Gasteiger partial charge is 0.223 e. The van der Waals surface area contributed by atoms with Crippen LogP contribution in [0.1, 0.15) is 40.5 Å². The largest absolute Gasteiger partial charge is 0.352 e. The summed E-state index contributed by atoms with van der Waals surface area (Å²) in [5.41, 5.74) is 0.235. The summed E-state index contributed by atoms with van der Waals surface area (Å²) in [6.07, 6.45) is 2.08. The van der Waals surface area contributed by atoms with Gasteiger partial charge in [0.15, 0.2) is 0 Å². The van der Waals surface area contributed by atoms with Crippen LogP contribution in [0.2, 0.25) is 0 Å². The molecule has 2 atom stereocenters. The monoisotopic (exact) mass is 275 g/mol. The number of halogens is 1. The van der Waals surface area contributed by atoms with E-state index in [2.05, 4.69) is 48.9 Å². The van der Waals surface area contributed by atoms with Crippen LogP contribution >= 0.6 is 15.9 Å². The molecule has 1 aliphatic carbocycles. The standard InChI is InChI=1S/C12H22BrNO/c1-8(2)5-9(7-13)14-11(15)10-6-12(10,3)4/h8-10H,5-7H2,1-4H3,(H,14,15). The van der Waals surface area contributed by atoms with Gasteiger partial charge in [0.25, 0.3) is 0 Å². The molecule has 1 aliphatic rings. The van der Waals surface area contributed by atoms with Crippen molar-refractivity contribution in [2.45, 2.75) is 46.6 Å². The van der Waals surface area contributed by atoms with Gasteiger partial charge in [-0.2, -0.15) is 0 Å². The fraction of sp³-hybridized carbons (Fsp3) is 0.917. The van der Waals surface area contributed by atoms with Gasteiger partial charge in [-0.25, -0.2) is 0 Å². The van der Waals surface area contributed by atoms with Gasteiger partial charge in [-0.05, 0) is 24.2 Å². The van der Waals surface area contributed by atoms with Gasteiger partial charge in [0.1, 0.15) is 0 Å². The predicted molar refractivity (Wildman–Crippen MR) is 67.1 cm³/mol. The second kappa shape index (κ2) is 4.86. The van der Waals surface area contributed by atoms with E-state index in [4.69, 9.17) is 0 Å². The molecule has 0 aromatic rings. The fourth-order valence-electron chi connectivity index (χ4n) is 1.95. The number of alkyl halides is 1. The summed E-state index contributed by atoms with van der Waals surface area (Å²) >= 11 is 3.46. The molecule has 0 aromatic carbocycles. The third-order valence-electron chi connectivity index (χ3n) is 3.12. The maximum absolute atomic E-state index is 11.8. The summed E-state index contributed by atoms with van der Waals surface area (Å²) in [6, 6.07) is 0.286. The number of amides is 1. The minimum atomic E-state index is 0.235. The molecular weight excluding hydrogens is 254 g/mol. The summed E-state index contributed by atoms with van der Waals surface area (Å²) in [5, 5.41) is 3.98. The first kappa shape index (κ1) is 13.0. The maximum Gasteiger partial charge on any atom is 0.223 e. The molecule has 0 aromatic heterocycles. The number of nitrogens with one attached hydrogen (secondary N) is 1. The van der Waals surface area contributed by atoms with Crippen LogP contribution in [0.4, 0.5) is 0 Å². The highest BCUT2D eigenvalue weighted by atomic mass is 79.9. The molecule has 88 valence electrons. The van der Waals surface area contributed by atoms with Crippen molar-refractivity contribution >= 4 is 21.8 Å². The van der Waals surface area contributed by atoms with E-state index in [0.717, 1.165) is 18.2 Å². The van der Waals surface area contributed by atoms with Gasteiger partial charge in [0.2, 0.25) is 5.91 Å². The average molecular weight is 276 g/mol. The molecule has 2 nitrogen and oxygen atoms in total. The summed E-state index contributed by atoms with van der Waals surface area (Å²) in [4.78, 5) is 11.8. The Morgan fingerprint density at radius 3 is 2.40 bits per heavy atom. The van der Waals surface area contributed by atoms with E-state index >= 15 is 0 Å². The molecule has 0 heterocycles. The zero-order valence-electron chi connectivity index (χ0n) is 10.1. The molecular formula is C12H22BrNO. The summed E-state index contributed by atoms with van der Waals surface area (Å²) in [6.45, 7) is 8.68. The molecule has 1 rings (SSSR count). The SMILES string of the molecule is CC(C)CC(CBr)NC(=O)C1CC1(C)C. The van der Waals surface area contributed by atoms with Crippen molar-refractivity contribution in [2.24, 2.45) is 17.3 Å². The molecule has 0 radical (unpaired) electrons. The molecule has 1 saturated carbocycles. The Morgan fingerprint density at radius 2 is 2.07 bits per heavy atom. The maximum atomic E-state index is 11.8. The minimum absolute atomic E-state index is 0.235. The Labute approximate surface area is 101 Å². The average Bonchev–Trinajstić information content (AvgIpc) is 2.73. The van der Waals surface area contributed by atoms with Gasteiger partial charge in [-0.3, -0.25) is 4.79 Å². The molecule has 0 spiro atoms. The fourth-order valence-corrected chi connectivity index (χ4v) is 2.37. The van der Waals surface area contributed by atoms with Crippen LogP contribution in [0, 0.1) is 17.3 Å². The van der Waals surface area contributed by atoms with Crippen LogP contribution in [-0.2, 0) is 4.79 Å². The lowest BCUT2D eigenvalue weighted by Gasteiger charge is -2.18. The number of hydrogen-bond donors (Lipinski definition) is 1. The van der Waals surface area contributed by atoms with Crippen LogP contribution < -0.4 is 5.32 Å². The van der Waals surface area contributed by atoms with E-state index in [-0.39, 0.29) is 23.3 Å². The van der Waals surface area contributed by atoms with E-state index in [0.29, 0.717) is 5.92 Å². The summed E-state index contributed by atoms with van der Waals surface area (Å²) in [5.74, 6) is 1.11. The highest BCUT2D eigenvalue weighted by Crippen LogP contribution is 2.51. The lowest BCUT2D eigenvalue weighted by molar-refractivity contribution is -0.123. The molecule has 1 fully saturated rings. The third-order valence-corrected chi connectivity index (χ3v) is 3.90. The normalized spacial score (nSPS) is 25.1. The summed E-state index contributed by atoms with van der Waals surface area (Å²) in [7, 11) is 0. The first-order valence-corrected chi connectivity index (χ1v) is 6.85. The van der Waals surface area contributed by atoms with Gasteiger partial charge < -0.3 is 5.32 Å². The number of hydrogen-bond acceptors (Lipinski definition) is 1. The predicted octanol–water partition coefficient (Wildman–Crippen LogP) is 2.96. The zero-order valence-corrected chi connectivity index (χ0v) is 11.7. The number of rotatable bonds is 5. The molecule has 0 bridgehead atoms. The zero-order chi connectivity index (χ0) is 11.6. The summed E-state index contributed by atoms with van der Waals surface area (Å²) < 4.78 is 0. The van der Waals surface area contributed by atoms with Crippen molar-refractivity contribution in [3.8, 4) is 0 Å². The lowest BCUT2D eigenvalue weighted by Crippen LogP contribution is -2.38. The second-order valence-electron chi connectivity index (χ2n) is 5.73. The Kier molecular flexibility index (Phi) is 4.21. The highest BCUT2D eigenvalue weighted by molar-refractivity contribution is 9.09. The highest BCUT2D eigenvalue weighted by Gasteiger charge is 2.50.